The maximum atomic E-state index is 11.3. The zero-order valence-electron chi connectivity index (χ0n) is 9.76. The second kappa shape index (κ2) is 3.44. The van der Waals surface area contributed by atoms with Gasteiger partial charge in [-0.1, -0.05) is 32.9 Å². The molecule has 0 aliphatic carbocycles. The molecule has 0 spiro atoms. The van der Waals surface area contributed by atoms with E-state index in [9.17, 15) is 9.59 Å². The van der Waals surface area contributed by atoms with Gasteiger partial charge in [0.25, 0.3) is 5.91 Å². The maximum absolute atomic E-state index is 11.3. The maximum Gasteiger partial charge on any atom is 0.292 e. The molecule has 84 valence electrons. The molecular formula is C13H15NO2. The number of fused-ring (bicyclic) bond motifs is 1. The number of Topliss-reactive ketones (excluding diaryl/α,β-unsaturated/α-hetero) is 1. The number of rotatable bonds is 0. The fourth-order valence-corrected chi connectivity index (χ4v) is 1.76. The second-order valence-electron chi connectivity index (χ2n) is 5.18. The molecule has 3 heteroatoms. The number of ketones is 1. The van der Waals surface area contributed by atoms with E-state index in [1.165, 1.54) is 0 Å². The molecule has 0 aromatic heterocycles. The number of amides is 1. The number of carbonyl (C=O) groups is 2. The lowest BCUT2D eigenvalue weighted by Gasteiger charge is -2.23. The molecule has 16 heavy (non-hydrogen) atoms. The number of nitrogens with one attached hydrogen (secondary N) is 1. The van der Waals surface area contributed by atoms with Gasteiger partial charge >= 0.3 is 0 Å². The highest BCUT2D eigenvalue weighted by atomic mass is 16.2. The highest BCUT2D eigenvalue weighted by Gasteiger charge is 2.24. The predicted molar refractivity (Wildman–Crippen MR) is 62.5 cm³/mol. The van der Waals surface area contributed by atoms with Gasteiger partial charge in [-0.05, 0) is 22.6 Å². The predicted octanol–water partition coefficient (Wildman–Crippen LogP) is 2.05. The van der Waals surface area contributed by atoms with Crippen molar-refractivity contribution < 1.29 is 9.59 Å². The van der Waals surface area contributed by atoms with E-state index in [0.29, 0.717) is 0 Å². The zero-order valence-corrected chi connectivity index (χ0v) is 9.76. The number of anilines is 1. The Morgan fingerprint density at radius 1 is 1.19 bits per heavy atom. The molecule has 0 saturated heterocycles. The van der Waals surface area contributed by atoms with Crippen molar-refractivity contribution in [2.45, 2.75) is 32.6 Å². The molecule has 1 amide bonds. The van der Waals surface area contributed by atoms with Crippen LogP contribution in [0.5, 0.6) is 0 Å². The van der Waals surface area contributed by atoms with Gasteiger partial charge in [-0.15, -0.1) is 0 Å². The number of hydrogen-bond acceptors (Lipinski definition) is 2. The van der Waals surface area contributed by atoms with Crippen LogP contribution in [-0.2, 0) is 21.4 Å². The highest BCUT2D eigenvalue weighted by molar-refractivity contribution is 6.42. The SMILES string of the molecule is CC(C)(C)c1ccc2c(c1)NC(=O)C(=O)C2. The third-order valence-electron chi connectivity index (χ3n) is 2.83. The van der Waals surface area contributed by atoms with Crippen LogP contribution in [-0.4, -0.2) is 11.7 Å². The molecule has 0 unspecified atom stereocenters. The van der Waals surface area contributed by atoms with Gasteiger partial charge in [-0.2, -0.15) is 0 Å². The molecule has 0 fully saturated rings. The third kappa shape index (κ3) is 1.85. The topological polar surface area (TPSA) is 46.2 Å². The van der Waals surface area contributed by atoms with Crippen LogP contribution in [0.25, 0.3) is 0 Å². The van der Waals surface area contributed by atoms with Crippen LogP contribution < -0.4 is 5.32 Å². The van der Waals surface area contributed by atoms with Gasteiger partial charge in [0.1, 0.15) is 0 Å². The average Bonchev–Trinajstić information content (AvgIpc) is 2.17. The summed E-state index contributed by atoms with van der Waals surface area (Å²) in [4.78, 5) is 22.5. The standard InChI is InChI=1S/C13H15NO2/c1-13(2,3)9-5-4-8-6-11(15)12(16)14-10(8)7-9/h4-5,7H,6H2,1-3H3,(H,14,16). The molecule has 0 bridgehead atoms. The Bertz CT molecular complexity index is 469. The van der Waals surface area contributed by atoms with Gasteiger partial charge in [0.15, 0.2) is 0 Å². The van der Waals surface area contributed by atoms with Gasteiger partial charge in [0.2, 0.25) is 5.78 Å². The quantitative estimate of drug-likeness (QED) is 0.676. The van der Waals surface area contributed by atoms with Crippen molar-refractivity contribution in [2.75, 3.05) is 5.32 Å². The van der Waals surface area contributed by atoms with Crippen LogP contribution in [0, 0.1) is 0 Å². The lowest BCUT2D eigenvalue weighted by atomic mass is 9.85. The summed E-state index contributed by atoms with van der Waals surface area (Å²) in [5.41, 5.74) is 2.87. The van der Waals surface area contributed by atoms with Crippen molar-refractivity contribution in [2.24, 2.45) is 0 Å². The van der Waals surface area contributed by atoms with Crippen molar-refractivity contribution in [3.05, 3.63) is 29.3 Å². The minimum Gasteiger partial charge on any atom is -0.319 e. The van der Waals surface area contributed by atoms with E-state index in [0.717, 1.165) is 16.8 Å². The first kappa shape index (κ1) is 10.9. The Morgan fingerprint density at radius 2 is 1.88 bits per heavy atom. The lowest BCUT2D eigenvalue weighted by Crippen LogP contribution is -2.30. The van der Waals surface area contributed by atoms with Crippen LogP contribution >= 0.6 is 0 Å². The van der Waals surface area contributed by atoms with E-state index >= 15 is 0 Å². The third-order valence-corrected chi connectivity index (χ3v) is 2.83. The molecular weight excluding hydrogens is 202 g/mol. The summed E-state index contributed by atoms with van der Waals surface area (Å²) in [6, 6.07) is 5.90. The van der Waals surface area contributed by atoms with Gasteiger partial charge < -0.3 is 5.32 Å². The molecule has 0 saturated carbocycles. The van der Waals surface area contributed by atoms with Gasteiger partial charge in [-0.25, -0.2) is 0 Å². The summed E-state index contributed by atoms with van der Waals surface area (Å²) in [6.07, 6.45) is 0.214. The van der Waals surface area contributed by atoms with Gasteiger partial charge in [0, 0.05) is 12.1 Å². The largest absolute Gasteiger partial charge is 0.319 e. The molecule has 0 radical (unpaired) electrons. The van der Waals surface area contributed by atoms with Crippen LogP contribution in [0.15, 0.2) is 18.2 Å². The summed E-state index contributed by atoms with van der Waals surface area (Å²) >= 11 is 0. The minimum atomic E-state index is -0.501. The van der Waals surface area contributed by atoms with E-state index in [1.54, 1.807) is 0 Å². The van der Waals surface area contributed by atoms with Crippen molar-refractivity contribution in [3.63, 3.8) is 0 Å². The summed E-state index contributed by atoms with van der Waals surface area (Å²) in [6.45, 7) is 6.35. The van der Waals surface area contributed by atoms with E-state index in [4.69, 9.17) is 0 Å². The molecule has 1 aromatic rings. The summed E-state index contributed by atoms with van der Waals surface area (Å²) < 4.78 is 0. The van der Waals surface area contributed by atoms with Crippen molar-refractivity contribution in [1.82, 2.24) is 0 Å². The first-order valence-electron chi connectivity index (χ1n) is 5.35. The summed E-state index contributed by atoms with van der Waals surface area (Å²) in [5.74, 6) is -0.866. The molecule has 1 N–H and O–H groups in total. The molecule has 3 nitrogen and oxygen atoms in total. The fourth-order valence-electron chi connectivity index (χ4n) is 1.76. The molecule has 2 rings (SSSR count). The zero-order chi connectivity index (χ0) is 11.9. The first-order chi connectivity index (χ1) is 7.38. The number of benzene rings is 1. The Balaban J connectivity index is 2.44. The van der Waals surface area contributed by atoms with Crippen LogP contribution in [0.1, 0.15) is 31.9 Å². The van der Waals surface area contributed by atoms with Crippen LogP contribution in [0.3, 0.4) is 0 Å². The normalized spacial score (nSPS) is 15.7. The fraction of sp³-hybridized carbons (Fsp3) is 0.385. The number of carbonyl (C=O) groups excluding carboxylic acids is 2. The smallest absolute Gasteiger partial charge is 0.292 e. The number of hydrogen-bond donors (Lipinski definition) is 1. The Kier molecular flexibility index (Phi) is 2.34. The molecule has 1 aliphatic heterocycles. The van der Waals surface area contributed by atoms with Crippen LogP contribution in [0.4, 0.5) is 5.69 Å². The van der Waals surface area contributed by atoms with Crippen molar-refractivity contribution in [1.29, 1.82) is 0 Å². The van der Waals surface area contributed by atoms with Gasteiger partial charge in [-0.3, -0.25) is 9.59 Å². The van der Waals surface area contributed by atoms with E-state index in [1.807, 2.05) is 18.2 Å². The first-order valence-corrected chi connectivity index (χ1v) is 5.35. The van der Waals surface area contributed by atoms with Crippen molar-refractivity contribution in [3.8, 4) is 0 Å². The molecule has 1 aromatic carbocycles. The summed E-state index contributed by atoms with van der Waals surface area (Å²) in [5, 5.41) is 2.63. The molecule has 1 aliphatic rings. The monoisotopic (exact) mass is 217 g/mol. The molecule has 1 heterocycles. The summed E-state index contributed by atoms with van der Waals surface area (Å²) in [7, 11) is 0. The lowest BCUT2D eigenvalue weighted by molar-refractivity contribution is -0.134. The van der Waals surface area contributed by atoms with E-state index in [-0.39, 0.29) is 17.6 Å². The average molecular weight is 217 g/mol. The van der Waals surface area contributed by atoms with Gasteiger partial charge in [0.05, 0.1) is 0 Å². The Hall–Kier alpha value is -1.64. The highest BCUT2D eigenvalue weighted by Crippen LogP contribution is 2.29. The minimum absolute atomic E-state index is 0.0429. The molecule has 0 atom stereocenters. The van der Waals surface area contributed by atoms with E-state index < -0.39 is 5.91 Å². The van der Waals surface area contributed by atoms with E-state index in [2.05, 4.69) is 26.1 Å². The Morgan fingerprint density at radius 3 is 2.50 bits per heavy atom. The van der Waals surface area contributed by atoms with Crippen LogP contribution in [0.2, 0.25) is 0 Å². The Labute approximate surface area is 94.9 Å². The second-order valence-corrected chi connectivity index (χ2v) is 5.18. The van der Waals surface area contributed by atoms with Crippen molar-refractivity contribution >= 4 is 17.4 Å².